The van der Waals surface area contributed by atoms with Crippen molar-refractivity contribution in [3.63, 3.8) is 0 Å². The zero-order valence-electron chi connectivity index (χ0n) is 13.3. The Hall–Kier alpha value is -2.54. The standard InChI is InChI=1S/C17H19F2N3O2/c1-10(2)17(23,15(9-20)22-21)13-5-3-12-8-14(24-16(18)19)6-4-11(12)7-13/h3-10,16,21,23H,20H2,1-2H3/b15-9-,22-21?. The molecule has 1 atom stereocenters. The molecule has 2 aromatic carbocycles. The van der Waals surface area contributed by atoms with E-state index in [1.54, 1.807) is 38.1 Å². The lowest BCUT2D eigenvalue weighted by Crippen LogP contribution is -2.34. The van der Waals surface area contributed by atoms with E-state index >= 15 is 0 Å². The normalized spacial score (nSPS) is 14.9. The number of nitrogens with one attached hydrogen (secondary N) is 1. The minimum Gasteiger partial charge on any atom is -0.435 e. The van der Waals surface area contributed by atoms with Crippen LogP contribution in [0.3, 0.4) is 0 Å². The van der Waals surface area contributed by atoms with Gasteiger partial charge in [-0.2, -0.15) is 13.9 Å². The predicted molar refractivity (Wildman–Crippen MR) is 86.7 cm³/mol. The van der Waals surface area contributed by atoms with Gasteiger partial charge in [0, 0.05) is 6.20 Å². The molecule has 0 aliphatic heterocycles. The summed E-state index contributed by atoms with van der Waals surface area (Å²) in [6.45, 7) is 0.695. The molecule has 24 heavy (non-hydrogen) atoms. The van der Waals surface area contributed by atoms with Gasteiger partial charge in [0.25, 0.3) is 0 Å². The summed E-state index contributed by atoms with van der Waals surface area (Å²) in [5.41, 5.74) is 11.8. The zero-order valence-corrected chi connectivity index (χ0v) is 13.3. The van der Waals surface area contributed by atoms with Crippen molar-refractivity contribution in [3.8, 4) is 5.75 Å². The van der Waals surface area contributed by atoms with Crippen LogP contribution in [0, 0.1) is 11.4 Å². The van der Waals surface area contributed by atoms with Crippen LogP contribution in [-0.2, 0) is 5.60 Å². The summed E-state index contributed by atoms with van der Waals surface area (Å²) in [5.74, 6) is -0.228. The Labute approximate surface area is 138 Å². The van der Waals surface area contributed by atoms with Crippen LogP contribution in [0.25, 0.3) is 10.8 Å². The molecule has 1 unspecified atom stereocenters. The van der Waals surface area contributed by atoms with Gasteiger partial charge in [0.05, 0.1) is 0 Å². The highest BCUT2D eigenvalue weighted by Crippen LogP contribution is 2.38. The van der Waals surface area contributed by atoms with Crippen molar-refractivity contribution < 1.29 is 18.6 Å². The highest BCUT2D eigenvalue weighted by atomic mass is 19.3. The van der Waals surface area contributed by atoms with Gasteiger partial charge in [-0.15, -0.1) is 0 Å². The van der Waals surface area contributed by atoms with Crippen LogP contribution in [0.5, 0.6) is 5.75 Å². The van der Waals surface area contributed by atoms with E-state index < -0.39 is 12.2 Å². The number of nitrogens with zero attached hydrogens (tertiary/aromatic N) is 1. The van der Waals surface area contributed by atoms with Gasteiger partial charge < -0.3 is 15.6 Å². The van der Waals surface area contributed by atoms with Crippen LogP contribution < -0.4 is 10.5 Å². The fourth-order valence-corrected chi connectivity index (χ4v) is 2.66. The molecule has 4 N–H and O–H groups in total. The second kappa shape index (κ2) is 6.92. The first-order valence-corrected chi connectivity index (χ1v) is 7.34. The molecule has 0 aliphatic rings. The number of aliphatic hydroxyl groups is 1. The molecule has 2 rings (SSSR count). The summed E-state index contributed by atoms with van der Waals surface area (Å²) in [6.07, 6.45) is 1.11. The molecule has 0 bridgehead atoms. The quantitative estimate of drug-likeness (QED) is 0.694. The molecule has 7 heteroatoms. The number of halogens is 2. The smallest absolute Gasteiger partial charge is 0.387 e. The van der Waals surface area contributed by atoms with Gasteiger partial charge in [0.1, 0.15) is 17.0 Å². The van der Waals surface area contributed by atoms with Crippen molar-refractivity contribution in [2.24, 2.45) is 16.8 Å². The average Bonchev–Trinajstić information content (AvgIpc) is 2.54. The van der Waals surface area contributed by atoms with Crippen molar-refractivity contribution in [1.29, 1.82) is 5.53 Å². The largest absolute Gasteiger partial charge is 0.435 e. The number of ether oxygens (including phenoxy) is 1. The topological polar surface area (TPSA) is 91.7 Å². The SMILES string of the molecule is CC(C)C(O)(/C(=C/N)N=N)c1ccc2cc(OC(F)F)ccc2c1. The van der Waals surface area contributed by atoms with Gasteiger partial charge in [-0.05, 0) is 40.5 Å². The Morgan fingerprint density at radius 3 is 2.42 bits per heavy atom. The number of rotatable bonds is 6. The molecule has 128 valence electrons. The van der Waals surface area contributed by atoms with E-state index in [0.717, 1.165) is 11.6 Å². The van der Waals surface area contributed by atoms with Gasteiger partial charge in [0.15, 0.2) is 0 Å². The second-order valence-corrected chi connectivity index (χ2v) is 5.69. The van der Waals surface area contributed by atoms with Crippen molar-refractivity contribution in [2.75, 3.05) is 0 Å². The minimum atomic E-state index is -2.89. The van der Waals surface area contributed by atoms with Crippen LogP contribution in [-0.4, -0.2) is 11.7 Å². The Balaban J connectivity index is 2.54. The molecule has 5 nitrogen and oxygen atoms in total. The number of fused-ring (bicyclic) bond motifs is 1. The van der Waals surface area contributed by atoms with Gasteiger partial charge in [-0.25, -0.2) is 5.53 Å². The second-order valence-electron chi connectivity index (χ2n) is 5.69. The number of hydrogen-bond donors (Lipinski definition) is 3. The lowest BCUT2D eigenvalue weighted by Gasteiger charge is -2.32. The molecule has 0 amide bonds. The highest BCUT2D eigenvalue weighted by Gasteiger charge is 2.38. The van der Waals surface area contributed by atoms with Crippen molar-refractivity contribution in [1.82, 2.24) is 0 Å². The van der Waals surface area contributed by atoms with E-state index in [4.69, 9.17) is 11.3 Å². The first-order valence-electron chi connectivity index (χ1n) is 7.34. The number of benzene rings is 2. The van der Waals surface area contributed by atoms with Gasteiger partial charge in [0.2, 0.25) is 0 Å². The summed E-state index contributed by atoms with van der Waals surface area (Å²) < 4.78 is 29.0. The molecule has 0 fully saturated rings. The lowest BCUT2D eigenvalue weighted by molar-refractivity contribution is -0.0497. The Morgan fingerprint density at radius 2 is 1.88 bits per heavy atom. The monoisotopic (exact) mass is 335 g/mol. The molecule has 0 aromatic heterocycles. The van der Waals surface area contributed by atoms with Crippen LogP contribution in [0.4, 0.5) is 8.78 Å². The van der Waals surface area contributed by atoms with E-state index in [2.05, 4.69) is 9.85 Å². The predicted octanol–water partition coefficient (Wildman–Crippen LogP) is 4.12. The van der Waals surface area contributed by atoms with Crippen molar-refractivity contribution >= 4 is 10.8 Å². The summed E-state index contributed by atoms with van der Waals surface area (Å²) in [4.78, 5) is 0. The number of nitrogens with two attached hydrogens (primary N) is 1. The fourth-order valence-electron chi connectivity index (χ4n) is 2.66. The average molecular weight is 335 g/mol. The summed E-state index contributed by atoms with van der Waals surface area (Å²) in [6, 6.07) is 9.62. The van der Waals surface area contributed by atoms with E-state index in [-0.39, 0.29) is 17.4 Å². The van der Waals surface area contributed by atoms with E-state index in [9.17, 15) is 13.9 Å². The molecule has 0 saturated heterocycles. The summed E-state index contributed by atoms with van der Waals surface area (Å²) in [5, 5.41) is 15.8. The number of alkyl halides is 2. The third kappa shape index (κ3) is 3.21. The zero-order chi connectivity index (χ0) is 17.9. The molecule has 0 aliphatic carbocycles. The van der Waals surface area contributed by atoms with Crippen molar-refractivity contribution in [3.05, 3.63) is 53.9 Å². The van der Waals surface area contributed by atoms with Crippen molar-refractivity contribution in [2.45, 2.75) is 26.1 Å². The van der Waals surface area contributed by atoms with Gasteiger partial charge in [-0.1, -0.05) is 32.0 Å². The molecule has 0 saturated carbocycles. The molecule has 2 aromatic rings. The Kier molecular flexibility index (Phi) is 5.14. The number of hydrogen-bond acceptors (Lipinski definition) is 5. The first-order chi connectivity index (χ1) is 11.3. The molecular formula is C17H19F2N3O2. The third-order valence-electron chi connectivity index (χ3n) is 3.98. The maximum atomic E-state index is 12.3. The molecule has 0 radical (unpaired) electrons. The van der Waals surface area contributed by atoms with E-state index in [1.165, 1.54) is 12.1 Å². The Morgan fingerprint density at radius 1 is 1.25 bits per heavy atom. The fraction of sp³-hybridized carbons (Fsp3) is 0.294. The first kappa shape index (κ1) is 17.8. The molecular weight excluding hydrogens is 316 g/mol. The molecule has 0 heterocycles. The van der Waals surface area contributed by atoms with Crippen LogP contribution in [0.2, 0.25) is 0 Å². The van der Waals surface area contributed by atoms with Crippen LogP contribution >= 0.6 is 0 Å². The van der Waals surface area contributed by atoms with Gasteiger partial charge >= 0.3 is 6.61 Å². The summed E-state index contributed by atoms with van der Waals surface area (Å²) in [7, 11) is 0. The Bertz CT molecular complexity index is 778. The maximum Gasteiger partial charge on any atom is 0.387 e. The van der Waals surface area contributed by atoms with Gasteiger partial charge in [-0.3, -0.25) is 0 Å². The van der Waals surface area contributed by atoms with E-state index in [0.29, 0.717) is 10.9 Å². The maximum absolute atomic E-state index is 12.3. The minimum absolute atomic E-state index is 0.0366. The summed E-state index contributed by atoms with van der Waals surface area (Å²) >= 11 is 0. The van der Waals surface area contributed by atoms with Crippen LogP contribution in [0.1, 0.15) is 19.4 Å². The highest BCUT2D eigenvalue weighted by molar-refractivity contribution is 5.84. The van der Waals surface area contributed by atoms with Crippen LogP contribution in [0.15, 0.2) is 53.4 Å². The molecule has 0 spiro atoms. The lowest BCUT2D eigenvalue weighted by atomic mass is 9.80. The third-order valence-corrected chi connectivity index (χ3v) is 3.98. The van der Waals surface area contributed by atoms with E-state index in [1.807, 2.05) is 0 Å².